The summed E-state index contributed by atoms with van der Waals surface area (Å²) in [7, 11) is 0. The maximum Gasteiger partial charge on any atom is 0.254 e. The molecule has 2 amide bonds. The second kappa shape index (κ2) is 15.9. The molecule has 1 aliphatic rings. The van der Waals surface area contributed by atoms with E-state index >= 15 is 0 Å². The van der Waals surface area contributed by atoms with Crippen molar-refractivity contribution in [1.82, 2.24) is 24.6 Å². The van der Waals surface area contributed by atoms with Gasteiger partial charge in [0.2, 0.25) is 5.91 Å². The van der Waals surface area contributed by atoms with E-state index in [0.29, 0.717) is 26.1 Å². The highest BCUT2D eigenvalue weighted by atomic mass is 32.2. The summed E-state index contributed by atoms with van der Waals surface area (Å²) in [6.07, 6.45) is 7.22. The molecule has 0 radical (unpaired) electrons. The SMILES string of the molecule is CCCCCCc1ccc(C(=O)N2CCN(C(=O)CCCSc3nnc(-c4ccccc4)n3-c3cccc(C)c3)CC2C)cc1. The van der Waals surface area contributed by atoms with Crippen molar-refractivity contribution >= 4 is 23.6 Å². The summed E-state index contributed by atoms with van der Waals surface area (Å²) in [5.41, 5.74) is 5.22. The lowest BCUT2D eigenvalue weighted by molar-refractivity contribution is -0.133. The summed E-state index contributed by atoms with van der Waals surface area (Å²) in [5, 5.41) is 9.89. The van der Waals surface area contributed by atoms with Gasteiger partial charge in [-0.15, -0.1) is 10.2 Å². The first kappa shape index (κ1) is 32.5. The van der Waals surface area contributed by atoms with Gasteiger partial charge in [0, 0.05) is 54.7 Å². The number of benzene rings is 3. The van der Waals surface area contributed by atoms with E-state index in [9.17, 15) is 9.59 Å². The van der Waals surface area contributed by atoms with Crippen LogP contribution in [0.4, 0.5) is 0 Å². The van der Waals surface area contributed by atoms with E-state index in [1.54, 1.807) is 11.8 Å². The number of nitrogens with zero attached hydrogens (tertiary/aromatic N) is 5. The Hall–Kier alpha value is -3.91. The Bertz CT molecular complexity index is 1550. The lowest BCUT2D eigenvalue weighted by atomic mass is 10.0. The Morgan fingerprint density at radius 3 is 2.42 bits per heavy atom. The first-order chi connectivity index (χ1) is 21.9. The minimum Gasteiger partial charge on any atom is -0.339 e. The zero-order valence-electron chi connectivity index (χ0n) is 26.8. The van der Waals surface area contributed by atoms with E-state index in [-0.39, 0.29) is 17.9 Å². The van der Waals surface area contributed by atoms with E-state index in [2.05, 4.69) is 58.9 Å². The van der Waals surface area contributed by atoms with Crippen molar-refractivity contribution < 1.29 is 9.59 Å². The molecule has 1 fully saturated rings. The van der Waals surface area contributed by atoms with Gasteiger partial charge >= 0.3 is 0 Å². The Kier molecular flexibility index (Phi) is 11.5. The fraction of sp³-hybridized carbons (Fsp3) is 0.405. The minimum atomic E-state index is -0.0254. The van der Waals surface area contributed by atoms with Crippen LogP contribution in [0.2, 0.25) is 0 Å². The Morgan fingerprint density at radius 1 is 0.889 bits per heavy atom. The molecular formula is C37H45N5O2S. The van der Waals surface area contributed by atoms with Crippen molar-refractivity contribution in [2.75, 3.05) is 25.4 Å². The van der Waals surface area contributed by atoms with Gasteiger partial charge in [0.1, 0.15) is 0 Å². The summed E-state index contributed by atoms with van der Waals surface area (Å²) in [6.45, 7) is 8.04. The summed E-state index contributed by atoms with van der Waals surface area (Å²) >= 11 is 1.63. The van der Waals surface area contributed by atoms with Crippen LogP contribution < -0.4 is 0 Å². The molecule has 0 saturated carbocycles. The van der Waals surface area contributed by atoms with Crippen molar-refractivity contribution in [1.29, 1.82) is 0 Å². The molecule has 0 spiro atoms. The highest BCUT2D eigenvalue weighted by Crippen LogP contribution is 2.29. The summed E-state index contributed by atoms with van der Waals surface area (Å²) in [6, 6.07) is 26.5. The van der Waals surface area contributed by atoms with Gasteiger partial charge < -0.3 is 9.80 Å². The maximum absolute atomic E-state index is 13.3. The fourth-order valence-corrected chi connectivity index (χ4v) is 6.79. The van der Waals surface area contributed by atoms with Crippen LogP contribution in [0, 0.1) is 6.92 Å². The summed E-state index contributed by atoms with van der Waals surface area (Å²) < 4.78 is 2.11. The molecule has 3 aromatic carbocycles. The van der Waals surface area contributed by atoms with Crippen molar-refractivity contribution in [3.05, 3.63) is 95.6 Å². The van der Waals surface area contributed by atoms with E-state index < -0.39 is 0 Å². The molecule has 1 aromatic heterocycles. The molecule has 45 heavy (non-hydrogen) atoms. The van der Waals surface area contributed by atoms with Gasteiger partial charge in [0.05, 0.1) is 0 Å². The predicted molar refractivity (Wildman–Crippen MR) is 183 cm³/mol. The first-order valence-corrected chi connectivity index (χ1v) is 17.3. The lowest BCUT2D eigenvalue weighted by Gasteiger charge is -2.40. The smallest absolute Gasteiger partial charge is 0.254 e. The third-order valence-corrected chi connectivity index (χ3v) is 9.47. The maximum atomic E-state index is 13.3. The molecule has 1 aliphatic heterocycles. The van der Waals surface area contributed by atoms with Crippen LogP contribution in [0.3, 0.4) is 0 Å². The highest BCUT2D eigenvalue weighted by molar-refractivity contribution is 7.99. The Balaban J connectivity index is 1.12. The standard InChI is InChI=1S/C37H45N5O2S/c1-4-5-6-8-14-30-19-21-32(22-20-30)36(44)41-24-23-40(27-29(41)3)34(43)18-12-25-45-37-39-38-35(31-15-9-7-10-16-31)42(37)33-17-11-13-28(2)26-33/h7,9-11,13,15-17,19-22,26,29H,4-6,8,12,14,18,23-25,27H2,1-3H3. The average Bonchev–Trinajstić information content (AvgIpc) is 3.49. The largest absolute Gasteiger partial charge is 0.339 e. The molecule has 0 N–H and O–H groups in total. The van der Waals surface area contributed by atoms with Gasteiger partial charge in [-0.2, -0.15) is 0 Å². The molecule has 5 rings (SSSR count). The summed E-state index contributed by atoms with van der Waals surface area (Å²) in [4.78, 5) is 30.3. The van der Waals surface area contributed by atoms with E-state index in [0.717, 1.165) is 46.4 Å². The van der Waals surface area contributed by atoms with Crippen molar-refractivity contribution in [3.63, 3.8) is 0 Å². The van der Waals surface area contributed by atoms with Gasteiger partial charge in [-0.1, -0.05) is 92.5 Å². The van der Waals surface area contributed by atoms with Gasteiger partial charge in [-0.3, -0.25) is 14.2 Å². The van der Waals surface area contributed by atoms with E-state index in [4.69, 9.17) is 0 Å². The van der Waals surface area contributed by atoms with Crippen LogP contribution in [0.1, 0.15) is 73.9 Å². The van der Waals surface area contributed by atoms with Gasteiger partial charge in [-0.05, 0) is 68.5 Å². The number of aryl methyl sites for hydroxylation is 2. The summed E-state index contributed by atoms with van der Waals surface area (Å²) in [5.74, 6) is 1.76. The average molecular weight is 624 g/mol. The van der Waals surface area contributed by atoms with Crippen LogP contribution in [-0.4, -0.2) is 67.8 Å². The molecule has 8 heteroatoms. The van der Waals surface area contributed by atoms with Crippen molar-refractivity contribution in [3.8, 4) is 17.1 Å². The Morgan fingerprint density at radius 2 is 1.69 bits per heavy atom. The van der Waals surface area contributed by atoms with Crippen LogP contribution >= 0.6 is 11.8 Å². The number of carbonyl (C=O) groups is 2. The molecule has 2 heterocycles. The molecule has 1 unspecified atom stereocenters. The number of hydrogen-bond donors (Lipinski definition) is 0. The van der Waals surface area contributed by atoms with Crippen molar-refractivity contribution in [2.45, 2.75) is 76.9 Å². The first-order valence-electron chi connectivity index (χ1n) is 16.3. The number of carbonyl (C=O) groups excluding carboxylic acids is 2. The molecular weight excluding hydrogens is 579 g/mol. The molecule has 0 bridgehead atoms. The number of hydrogen-bond acceptors (Lipinski definition) is 5. The van der Waals surface area contributed by atoms with Crippen molar-refractivity contribution in [2.24, 2.45) is 0 Å². The predicted octanol–water partition coefficient (Wildman–Crippen LogP) is 7.61. The van der Waals surface area contributed by atoms with E-state index in [1.807, 2.05) is 65.3 Å². The minimum absolute atomic E-state index is 0.0254. The third kappa shape index (κ3) is 8.42. The number of piperazine rings is 1. The number of unbranched alkanes of at least 4 members (excludes halogenated alkanes) is 3. The number of aromatic nitrogens is 3. The molecule has 236 valence electrons. The highest BCUT2D eigenvalue weighted by Gasteiger charge is 2.30. The fourth-order valence-electron chi connectivity index (χ4n) is 5.90. The van der Waals surface area contributed by atoms with Gasteiger partial charge in [-0.25, -0.2) is 0 Å². The zero-order valence-corrected chi connectivity index (χ0v) is 27.6. The Labute approximate surface area is 272 Å². The van der Waals surface area contributed by atoms with Crippen LogP contribution in [0.15, 0.2) is 84.0 Å². The van der Waals surface area contributed by atoms with Crippen LogP contribution in [0.5, 0.6) is 0 Å². The second-order valence-corrected chi connectivity index (χ2v) is 13.1. The van der Waals surface area contributed by atoms with Gasteiger partial charge in [0.15, 0.2) is 11.0 Å². The molecule has 7 nitrogen and oxygen atoms in total. The topological polar surface area (TPSA) is 71.3 Å². The quantitative estimate of drug-likeness (QED) is 0.113. The zero-order chi connectivity index (χ0) is 31.6. The number of rotatable bonds is 13. The van der Waals surface area contributed by atoms with E-state index in [1.165, 1.54) is 36.8 Å². The molecule has 0 aliphatic carbocycles. The molecule has 4 aromatic rings. The second-order valence-electron chi connectivity index (χ2n) is 12.0. The number of thioether (sulfide) groups is 1. The lowest BCUT2D eigenvalue weighted by Crippen LogP contribution is -2.55. The van der Waals surface area contributed by atoms with Crippen LogP contribution in [0.25, 0.3) is 17.1 Å². The number of amides is 2. The van der Waals surface area contributed by atoms with Gasteiger partial charge in [0.25, 0.3) is 5.91 Å². The third-order valence-electron chi connectivity index (χ3n) is 8.45. The molecule has 1 atom stereocenters. The normalized spacial score (nSPS) is 15.0. The molecule has 1 saturated heterocycles. The van der Waals surface area contributed by atoms with Crippen LogP contribution in [-0.2, 0) is 11.2 Å². The monoisotopic (exact) mass is 623 g/mol.